The van der Waals surface area contributed by atoms with Crippen molar-refractivity contribution < 1.29 is 14.3 Å². The number of halogens is 2. The van der Waals surface area contributed by atoms with Crippen LogP contribution in [-0.2, 0) is 0 Å². The third kappa shape index (κ3) is 3.29. The number of nitrogens with zero attached hydrogens (tertiary/aromatic N) is 2. The molecule has 7 heteroatoms. The van der Waals surface area contributed by atoms with Gasteiger partial charge in [-0.15, -0.1) is 0 Å². The molecule has 0 radical (unpaired) electrons. The van der Waals surface area contributed by atoms with Crippen LogP contribution in [0.3, 0.4) is 0 Å². The van der Waals surface area contributed by atoms with E-state index in [2.05, 4.69) is 5.10 Å². The lowest BCUT2D eigenvalue weighted by atomic mass is 10.1. The van der Waals surface area contributed by atoms with Crippen LogP contribution < -0.4 is 5.73 Å². The second-order valence-corrected chi connectivity index (χ2v) is 4.95. The molecule has 1 aromatic heterocycles. The molecule has 2 aromatic rings. The van der Waals surface area contributed by atoms with Crippen LogP contribution in [0.2, 0.25) is 5.02 Å². The first-order valence-electron chi connectivity index (χ1n) is 6.41. The summed E-state index contributed by atoms with van der Waals surface area (Å²) in [6.45, 7) is 0.185. The third-order valence-electron chi connectivity index (χ3n) is 3.18. The molecule has 0 saturated heterocycles. The first kappa shape index (κ1) is 15.6. The third-order valence-corrected chi connectivity index (χ3v) is 3.47. The Balaban J connectivity index is 2.44. The lowest BCUT2D eigenvalue weighted by molar-refractivity contribution is 0.111. The number of aliphatic hydroxyl groups excluding tert-OH is 1. The van der Waals surface area contributed by atoms with Gasteiger partial charge in [0.1, 0.15) is 11.5 Å². The van der Waals surface area contributed by atoms with E-state index in [1.807, 2.05) is 0 Å². The van der Waals surface area contributed by atoms with E-state index in [4.69, 9.17) is 22.4 Å². The summed E-state index contributed by atoms with van der Waals surface area (Å²) in [5.74, 6) is -0.518. The molecule has 0 amide bonds. The first-order valence-corrected chi connectivity index (χ1v) is 6.79. The smallest absolute Gasteiger partial charge is 0.168 e. The van der Waals surface area contributed by atoms with Gasteiger partial charge in [-0.3, -0.25) is 9.48 Å². The highest BCUT2D eigenvalue weighted by molar-refractivity contribution is 6.31. The quantitative estimate of drug-likeness (QED) is 0.800. The molecular weight excluding hydrogens is 297 g/mol. The Morgan fingerprint density at radius 3 is 2.81 bits per heavy atom. The molecule has 21 heavy (non-hydrogen) atoms. The van der Waals surface area contributed by atoms with Gasteiger partial charge in [0.25, 0.3) is 0 Å². The molecule has 1 unspecified atom stereocenters. The molecule has 0 bridgehead atoms. The SMILES string of the molecule is NCC(CCO)n1nc(-c2ccc(F)c(Cl)c2)cc1C=O. The number of hydrogen-bond donors (Lipinski definition) is 2. The fourth-order valence-electron chi connectivity index (χ4n) is 2.07. The number of aromatic nitrogens is 2. The van der Waals surface area contributed by atoms with Gasteiger partial charge in [-0.25, -0.2) is 4.39 Å². The Labute approximate surface area is 126 Å². The molecule has 2 rings (SSSR count). The minimum atomic E-state index is -0.518. The Hall–Kier alpha value is -1.76. The average molecular weight is 312 g/mol. The lowest BCUT2D eigenvalue weighted by Crippen LogP contribution is -2.23. The van der Waals surface area contributed by atoms with Crippen molar-refractivity contribution in [3.8, 4) is 11.3 Å². The van der Waals surface area contributed by atoms with Crippen molar-refractivity contribution in [2.24, 2.45) is 5.73 Å². The Morgan fingerprint density at radius 1 is 1.48 bits per heavy atom. The van der Waals surface area contributed by atoms with Crippen LogP contribution in [0.25, 0.3) is 11.3 Å². The van der Waals surface area contributed by atoms with Gasteiger partial charge in [-0.05, 0) is 30.7 Å². The van der Waals surface area contributed by atoms with Crippen molar-refractivity contribution >= 4 is 17.9 Å². The molecule has 3 N–H and O–H groups in total. The number of hydrogen-bond acceptors (Lipinski definition) is 4. The highest BCUT2D eigenvalue weighted by Crippen LogP contribution is 2.25. The highest BCUT2D eigenvalue weighted by Gasteiger charge is 2.17. The molecular formula is C14H15ClFN3O2. The number of carbonyl (C=O) groups is 1. The number of rotatable bonds is 6. The van der Waals surface area contributed by atoms with Gasteiger partial charge >= 0.3 is 0 Å². The molecule has 0 aliphatic carbocycles. The second-order valence-electron chi connectivity index (χ2n) is 4.55. The van der Waals surface area contributed by atoms with E-state index in [9.17, 15) is 9.18 Å². The number of benzene rings is 1. The summed E-state index contributed by atoms with van der Waals surface area (Å²) in [5, 5.41) is 13.4. The molecule has 0 fully saturated rings. The Morgan fingerprint density at radius 2 is 2.24 bits per heavy atom. The second kappa shape index (κ2) is 6.80. The number of aliphatic hydroxyl groups is 1. The van der Waals surface area contributed by atoms with E-state index in [0.29, 0.717) is 29.7 Å². The number of aldehydes is 1. The summed E-state index contributed by atoms with van der Waals surface area (Å²) in [7, 11) is 0. The summed E-state index contributed by atoms with van der Waals surface area (Å²) < 4.78 is 14.7. The predicted molar refractivity (Wildman–Crippen MR) is 77.8 cm³/mol. The predicted octanol–water partition coefficient (Wildman–Crippen LogP) is 2.04. The van der Waals surface area contributed by atoms with Gasteiger partial charge in [0.2, 0.25) is 0 Å². The van der Waals surface area contributed by atoms with Gasteiger partial charge in [0, 0.05) is 18.7 Å². The Kier molecular flexibility index (Phi) is 5.06. The lowest BCUT2D eigenvalue weighted by Gasteiger charge is -2.15. The fraction of sp³-hybridized carbons (Fsp3) is 0.286. The molecule has 0 aliphatic rings. The van der Waals surface area contributed by atoms with Crippen LogP contribution in [0.15, 0.2) is 24.3 Å². The van der Waals surface area contributed by atoms with Crippen LogP contribution in [0.5, 0.6) is 0 Å². The topological polar surface area (TPSA) is 81.1 Å². The summed E-state index contributed by atoms with van der Waals surface area (Å²) in [6, 6.07) is 5.52. The van der Waals surface area contributed by atoms with Crippen molar-refractivity contribution in [1.82, 2.24) is 9.78 Å². The average Bonchev–Trinajstić information content (AvgIpc) is 2.91. The largest absolute Gasteiger partial charge is 0.396 e. The maximum atomic E-state index is 13.2. The maximum absolute atomic E-state index is 13.2. The van der Waals surface area contributed by atoms with Crippen LogP contribution in [-0.4, -0.2) is 34.3 Å². The summed E-state index contributed by atoms with van der Waals surface area (Å²) in [4.78, 5) is 11.2. The van der Waals surface area contributed by atoms with E-state index in [1.165, 1.54) is 22.9 Å². The first-order chi connectivity index (χ1) is 10.1. The molecule has 0 aliphatic heterocycles. The summed E-state index contributed by atoms with van der Waals surface area (Å²) in [5.41, 5.74) is 7.09. The van der Waals surface area contributed by atoms with Crippen molar-refractivity contribution in [3.63, 3.8) is 0 Å². The maximum Gasteiger partial charge on any atom is 0.168 e. The van der Waals surface area contributed by atoms with E-state index in [0.717, 1.165) is 0 Å². The van der Waals surface area contributed by atoms with Crippen molar-refractivity contribution in [2.45, 2.75) is 12.5 Å². The standard InChI is InChI=1S/C14H15ClFN3O2/c15-12-5-9(1-2-13(12)16)14-6-11(8-21)19(18-14)10(7-17)3-4-20/h1-2,5-6,8,10,20H,3-4,7,17H2. The molecule has 0 saturated carbocycles. The van der Waals surface area contributed by atoms with Gasteiger partial charge in [-0.2, -0.15) is 5.10 Å². The van der Waals surface area contributed by atoms with E-state index in [-0.39, 0.29) is 24.2 Å². The monoisotopic (exact) mass is 311 g/mol. The molecule has 1 heterocycles. The van der Waals surface area contributed by atoms with Gasteiger partial charge in [0.05, 0.1) is 16.8 Å². The van der Waals surface area contributed by atoms with Gasteiger partial charge in [-0.1, -0.05) is 11.6 Å². The minimum absolute atomic E-state index is 0.0135. The molecule has 112 valence electrons. The van der Waals surface area contributed by atoms with E-state index in [1.54, 1.807) is 6.07 Å². The summed E-state index contributed by atoms with van der Waals surface area (Å²) >= 11 is 5.75. The molecule has 1 aromatic carbocycles. The van der Waals surface area contributed by atoms with Crippen molar-refractivity contribution in [1.29, 1.82) is 0 Å². The van der Waals surface area contributed by atoms with Crippen LogP contribution in [0.1, 0.15) is 23.0 Å². The van der Waals surface area contributed by atoms with E-state index < -0.39 is 5.82 Å². The summed E-state index contributed by atoms with van der Waals surface area (Å²) in [6.07, 6.45) is 1.06. The number of carbonyl (C=O) groups excluding carboxylic acids is 1. The normalized spacial score (nSPS) is 12.4. The Bertz CT molecular complexity index is 645. The molecule has 5 nitrogen and oxygen atoms in total. The van der Waals surface area contributed by atoms with Crippen molar-refractivity contribution in [2.75, 3.05) is 13.2 Å². The van der Waals surface area contributed by atoms with E-state index >= 15 is 0 Å². The minimum Gasteiger partial charge on any atom is -0.396 e. The van der Waals surface area contributed by atoms with Crippen LogP contribution in [0, 0.1) is 5.82 Å². The highest BCUT2D eigenvalue weighted by atomic mass is 35.5. The number of nitrogens with two attached hydrogens (primary N) is 1. The van der Waals surface area contributed by atoms with Gasteiger partial charge in [0.15, 0.2) is 6.29 Å². The van der Waals surface area contributed by atoms with Crippen LogP contribution in [0.4, 0.5) is 4.39 Å². The zero-order valence-corrected chi connectivity index (χ0v) is 11.9. The van der Waals surface area contributed by atoms with Crippen LogP contribution >= 0.6 is 11.6 Å². The van der Waals surface area contributed by atoms with Gasteiger partial charge < -0.3 is 10.8 Å². The molecule has 1 atom stereocenters. The van der Waals surface area contributed by atoms with Crippen molar-refractivity contribution in [3.05, 3.63) is 40.8 Å². The zero-order valence-electron chi connectivity index (χ0n) is 11.2. The molecule has 0 spiro atoms. The zero-order chi connectivity index (χ0) is 15.4. The fourth-order valence-corrected chi connectivity index (χ4v) is 2.26.